The lowest BCUT2D eigenvalue weighted by Gasteiger charge is -2.03. The van der Waals surface area contributed by atoms with Crippen molar-refractivity contribution in [2.24, 2.45) is 0 Å². The highest BCUT2D eigenvalue weighted by Crippen LogP contribution is 2.24. The third kappa shape index (κ3) is 3.14. The molecule has 0 fully saturated rings. The van der Waals surface area contributed by atoms with Gasteiger partial charge in [-0.2, -0.15) is 0 Å². The van der Waals surface area contributed by atoms with Gasteiger partial charge >= 0.3 is 5.97 Å². The van der Waals surface area contributed by atoms with E-state index in [0.29, 0.717) is 16.4 Å². The SMILES string of the molecule is COC(=O)c1cnc(-c2cn(Cc3cnc4ccccc4c3)cn2)s1. The van der Waals surface area contributed by atoms with Crippen molar-refractivity contribution in [3.63, 3.8) is 0 Å². The van der Waals surface area contributed by atoms with Gasteiger partial charge in [-0.15, -0.1) is 11.3 Å². The van der Waals surface area contributed by atoms with Gasteiger partial charge in [0.1, 0.15) is 15.6 Å². The van der Waals surface area contributed by atoms with Gasteiger partial charge < -0.3 is 9.30 Å². The molecule has 7 heteroatoms. The maximum atomic E-state index is 11.5. The standard InChI is InChI=1S/C18H14N4O2S/c1-24-18(23)16-8-20-17(25-16)15-10-22(11-21-15)9-12-6-13-4-2-3-5-14(13)19-7-12/h2-8,10-11H,9H2,1H3. The van der Waals surface area contributed by atoms with Crippen LogP contribution in [0.4, 0.5) is 0 Å². The zero-order valence-corrected chi connectivity index (χ0v) is 14.2. The van der Waals surface area contributed by atoms with Crippen LogP contribution in [0.2, 0.25) is 0 Å². The van der Waals surface area contributed by atoms with E-state index in [4.69, 9.17) is 4.74 Å². The van der Waals surface area contributed by atoms with Gasteiger partial charge in [-0.05, 0) is 17.7 Å². The molecule has 0 spiro atoms. The quantitative estimate of drug-likeness (QED) is 0.528. The molecule has 0 aliphatic carbocycles. The fourth-order valence-electron chi connectivity index (χ4n) is 2.56. The molecule has 0 amide bonds. The van der Waals surface area contributed by atoms with Gasteiger partial charge in [0.05, 0.1) is 31.7 Å². The van der Waals surface area contributed by atoms with Crippen LogP contribution in [0, 0.1) is 0 Å². The first-order chi connectivity index (χ1) is 12.2. The van der Waals surface area contributed by atoms with E-state index < -0.39 is 0 Å². The fourth-order valence-corrected chi connectivity index (χ4v) is 3.35. The molecular weight excluding hydrogens is 336 g/mol. The number of esters is 1. The van der Waals surface area contributed by atoms with Crippen LogP contribution in [-0.4, -0.2) is 32.6 Å². The Kier molecular flexibility index (Phi) is 3.99. The second kappa shape index (κ2) is 6.45. The molecule has 3 heterocycles. The molecule has 0 bridgehead atoms. The summed E-state index contributed by atoms with van der Waals surface area (Å²) in [6.07, 6.45) is 7.05. The lowest BCUT2D eigenvalue weighted by Crippen LogP contribution is -1.97. The molecular formula is C18H14N4O2S. The number of ether oxygens (including phenoxy) is 1. The molecule has 1 aromatic carbocycles. The van der Waals surface area contributed by atoms with Crippen molar-refractivity contribution < 1.29 is 9.53 Å². The zero-order chi connectivity index (χ0) is 17.2. The number of carbonyl (C=O) groups is 1. The summed E-state index contributed by atoms with van der Waals surface area (Å²) in [7, 11) is 1.36. The summed E-state index contributed by atoms with van der Waals surface area (Å²) in [6.45, 7) is 0.667. The number of pyridine rings is 1. The van der Waals surface area contributed by atoms with E-state index >= 15 is 0 Å². The lowest BCUT2D eigenvalue weighted by molar-refractivity contribution is 0.0606. The number of thiazole rings is 1. The molecule has 0 aliphatic rings. The fraction of sp³-hybridized carbons (Fsp3) is 0.111. The third-order valence-corrected chi connectivity index (χ3v) is 4.76. The van der Waals surface area contributed by atoms with Crippen LogP contribution >= 0.6 is 11.3 Å². The molecule has 0 saturated heterocycles. The first kappa shape index (κ1) is 15.5. The summed E-state index contributed by atoms with van der Waals surface area (Å²) < 4.78 is 6.68. The molecule has 4 rings (SSSR count). The summed E-state index contributed by atoms with van der Waals surface area (Å²) in [4.78, 5) is 25.1. The number of fused-ring (bicyclic) bond motifs is 1. The van der Waals surface area contributed by atoms with Crippen molar-refractivity contribution in [1.82, 2.24) is 19.5 Å². The highest BCUT2D eigenvalue weighted by molar-refractivity contribution is 7.16. The number of carbonyl (C=O) groups excluding carboxylic acids is 1. The average molecular weight is 350 g/mol. The van der Waals surface area contributed by atoms with Crippen molar-refractivity contribution in [1.29, 1.82) is 0 Å². The summed E-state index contributed by atoms with van der Waals surface area (Å²) in [6, 6.07) is 10.2. The Bertz CT molecular complexity index is 1050. The number of imidazole rings is 1. The van der Waals surface area contributed by atoms with Crippen LogP contribution in [0.5, 0.6) is 0 Å². The van der Waals surface area contributed by atoms with Crippen molar-refractivity contribution >= 4 is 28.2 Å². The van der Waals surface area contributed by atoms with E-state index in [0.717, 1.165) is 22.2 Å². The third-order valence-electron chi connectivity index (χ3n) is 3.76. The minimum atomic E-state index is -0.384. The molecule has 6 nitrogen and oxygen atoms in total. The molecule has 0 unspecified atom stereocenters. The van der Waals surface area contributed by atoms with E-state index in [9.17, 15) is 4.79 Å². The Morgan fingerprint density at radius 2 is 2.08 bits per heavy atom. The normalized spacial score (nSPS) is 10.9. The number of methoxy groups -OCH3 is 1. The van der Waals surface area contributed by atoms with Crippen LogP contribution in [0.25, 0.3) is 21.6 Å². The maximum absolute atomic E-state index is 11.5. The first-order valence-electron chi connectivity index (χ1n) is 7.63. The second-order valence-electron chi connectivity index (χ2n) is 5.49. The van der Waals surface area contributed by atoms with Gasteiger partial charge in [-0.3, -0.25) is 4.98 Å². The molecule has 0 aliphatic heterocycles. The summed E-state index contributed by atoms with van der Waals surface area (Å²) in [5, 5.41) is 1.80. The van der Waals surface area contributed by atoms with Crippen molar-refractivity contribution in [3.8, 4) is 10.7 Å². The number of para-hydroxylation sites is 1. The molecule has 0 N–H and O–H groups in total. The first-order valence-corrected chi connectivity index (χ1v) is 8.44. The minimum Gasteiger partial charge on any atom is -0.465 e. The van der Waals surface area contributed by atoms with Gasteiger partial charge in [0, 0.05) is 17.8 Å². The van der Waals surface area contributed by atoms with Crippen molar-refractivity contribution in [2.75, 3.05) is 7.11 Å². The number of aromatic nitrogens is 4. The highest BCUT2D eigenvalue weighted by atomic mass is 32.1. The van der Waals surface area contributed by atoms with E-state index in [2.05, 4.69) is 27.1 Å². The minimum absolute atomic E-state index is 0.384. The summed E-state index contributed by atoms with van der Waals surface area (Å²) >= 11 is 1.27. The maximum Gasteiger partial charge on any atom is 0.349 e. The Labute approximate surface area is 147 Å². The Hall–Kier alpha value is -3.06. The summed E-state index contributed by atoms with van der Waals surface area (Å²) in [5.74, 6) is -0.384. The van der Waals surface area contributed by atoms with Gasteiger partial charge in [0.15, 0.2) is 0 Å². The second-order valence-corrected chi connectivity index (χ2v) is 6.52. The number of benzene rings is 1. The molecule has 0 radical (unpaired) electrons. The van der Waals surface area contributed by atoms with Crippen LogP contribution < -0.4 is 0 Å². The van der Waals surface area contributed by atoms with Gasteiger partial charge in [0.2, 0.25) is 0 Å². The monoisotopic (exact) mass is 350 g/mol. The van der Waals surface area contributed by atoms with Gasteiger partial charge in [-0.1, -0.05) is 18.2 Å². The average Bonchev–Trinajstić information content (AvgIpc) is 3.30. The van der Waals surface area contributed by atoms with Gasteiger partial charge in [0.25, 0.3) is 0 Å². The predicted octanol–water partition coefficient (Wildman–Crippen LogP) is 3.39. The summed E-state index contributed by atoms with van der Waals surface area (Å²) in [5.41, 5.74) is 2.81. The molecule has 0 atom stereocenters. The smallest absolute Gasteiger partial charge is 0.349 e. The zero-order valence-electron chi connectivity index (χ0n) is 13.4. The van der Waals surface area contributed by atoms with Crippen LogP contribution in [0.3, 0.4) is 0 Å². The molecule has 124 valence electrons. The van der Waals surface area contributed by atoms with Crippen molar-refractivity contribution in [2.45, 2.75) is 6.54 Å². The lowest BCUT2D eigenvalue weighted by atomic mass is 10.1. The van der Waals surface area contributed by atoms with Crippen molar-refractivity contribution in [3.05, 3.63) is 65.7 Å². The Balaban J connectivity index is 1.56. The van der Waals surface area contributed by atoms with Gasteiger partial charge in [-0.25, -0.2) is 14.8 Å². The number of nitrogens with zero attached hydrogens (tertiary/aromatic N) is 4. The largest absolute Gasteiger partial charge is 0.465 e. The van der Waals surface area contributed by atoms with E-state index in [1.165, 1.54) is 24.6 Å². The highest BCUT2D eigenvalue weighted by Gasteiger charge is 2.13. The van der Waals surface area contributed by atoms with E-state index in [1.54, 1.807) is 6.33 Å². The molecule has 0 saturated carbocycles. The Morgan fingerprint density at radius 1 is 1.20 bits per heavy atom. The number of rotatable bonds is 4. The van der Waals surface area contributed by atoms with E-state index in [1.807, 2.05) is 35.2 Å². The molecule has 3 aromatic heterocycles. The Morgan fingerprint density at radius 3 is 2.96 bits per heavy atom. The van der Waals surface area contributed by atoms with E-state index in [-0.39, 0.29) is 5.97 Å². The van der Waals surface area contributed by atoms with Crippen LogP contribution in [0.1, 0.15) is 15.2 Å². The van der Waals surface area contributed by atoms with Crippen LogP contribution in [-0.2, 0) is 11.3 Å². The molecule has 25 heavy (non-hydrogen) atoms. The number of hydrogen-bond acceptors (Lipinski definition) is 6. The topological polar surface area (TPSA) is 69.9 Å². The predicted molar refractivity (Wildman–Crippen MR) is 95.5 cm³/mol. The molecule has 4 aromatic rings. The number of hydrogen-bond donors (Lipinski definition) is 0. The van der Waals surface area contributed by atoms with Crippen LogP contribution in [0.15, 0.2) is 55.2 Å².